The Hall–Kier alpha value is -2.02. The Morgan fingerprint density at radius 3 is 1.54 bits per heavy atom. The molecule has 0 fully saturated rings. The Balaban J connectivity index is 0.000000547. The molecule has 0 aromatic heterocycles. The molecule has 0 aliphatic carbocycles. The van der Waals surface area contributed by atoms with Gasteiger partial charge in [-0.2, -0.15) is 0 Å². The number of unbranched alkanes of at least 4 members (excludes halogenated alkanes) is 6. The molecule has 0 amide bonds. The van der Waals surface area contributed by atoms with Crippen molar-refractivity contribution in [2.24, 2.45) is 0 Å². The van der Waals surface area contributed by atoms with E-state index < -0.39 is 0 Å². The molecule has 0 spiro atoms. The Kier molecular flexibility index (Phi) is 17.4. The summed E-state index contributed by atoms with van der Waals surface area (Å²) >= 11 is 0. The number of rotatable bonds is 9. The minimum Gasteiger partial charge on any atom is -0.494 e. The van der Waals surface area contributed by atoms with Crippen LogP contribution in [0.3, 0.4) is 0 Å². The van der Waals surface area contributed by atoms with E-state index >= 15 is 0 Å². The fourth-order valence-corrected chi connectivity index (χ4v) is 2.15. The zero-order valence-corrected chi connectivity index (χ0v) is 15.3. The normalized spacial score (nSPS) is 9.04. The lowest BCUT2D eigenvalue weighted by Gasteiger charge is -2.05. The highest BCUT2D eigenvalue weighted by molar-refractivity contribution is 5.20. The lowest BCUT2D eigenvalue weighted by Crippen LogP contribution is -1.96. The van der Waals surface area contributed by atoms with E-state index in [0.29, 0.717) is 0 Å². The highest BCUT2D eigenvalue weighted by Crippen LogP contribution is 2.10. The van der Waals surface area contributed by atoms with Crippen LogP contribution in [0.1, 0.15) is 51.9 Å². The SMILES string of the molecule is C=C.CCCCCCCCCOc1ccccc1.c1ccccc1. The van der Waals surface area contributed by atoms with Crippen LogP contribution in [-0.4, -0.2) is 6.61 Å². The van der Waals surface area contributed by atoms with E-state index in [9.17, 15) is 0 Å². The molecule has 2 aromatic carbocycles. The van der Waals surface area contributed by atoms with E-state index in [1.54, 1.807) is 0 Å². The van der Waals surface area contributed by atoms with Crippen LogP contribution in [0, 0.1) is 0 Å². The molecule has 0 radical (unpaired) electrons. The summed E-state index contributed by atoms with van der Waals surface area (Å²) in [6, 6.07) is 22.1. The van der Waals surface area contributed by atoms with Gasteiger partial charge in [-0.3, -0.25) is 0 Å². The summed E-state index contributed by atoms with van der Waals surface area (Å²) in [6.07, 6.45) is 9.35. The van der Waals surface area contributed by atoms with Crippen LogP contribution in [0.25, 0.3) is 0 Å². The molecular weight excluding hydrogens is 292 g/mol. The van der Waals surface area contributed by atoms with Gasteiger partial charge in [0, 0.05) is 0 Å². The third-order valence-electron chi connectivity index (χ3n) is 3.43. The third kappa shape index (κ3) is 14.9. The molecule has 0 N–H and O–H groups in total. The summed E-state index contributed by atoms with van der Waals surface area (Å²) in [5, 5.41) is 0. The molecule has 0 saturated carbocycles. The van der Waals surface area contributed by atoms with Gasteiger partial charge in [0.2, 0.25) is 0 Å². The monoisotopic (exact) mass is 326 g/mol. The Morgan fingerprint density at radius 2 is 1.04 bits per heavy atom. The quantitative estimate of drug-likeness (QED) is 0.347. The first-order valence-corrected chi connectivity index (χ1v) is 9.11. The maximum atomic E-state index is 5.63. The van der Waals surface area contributed by atoms with Gasteiger partial charge in [0.25, 0.3) is 0 Å². The summed E-state index contributed by atoms with van der Waals surface area (Å²) in [5.41, 5.74) is 0. The van der Waals surface area contributed by atoms with E-state index in [2.05, 4.69) is 20.1 Å². The fraction of sp³-hybridized carbons (Fsp3) is 0.391. The van der Waals surface area contributed by atoms with E-state index in [4.69, 9.17) is 4.74 Å². The van der Waals surface area contributed by atoms with Crippen molar-refractivity contribution in [3.63, 3.8) is 0 Å². The van der Waals surface area contributed by atoms with E-state index in [1.165, 1.54) is 44.9 Å². The van der Waals surface area contributed by atoms with Crippen molar-refractivity contribution in [3.8, 4) is 5.75 Å². The average Bonchev–Trinajstić information content (AvgIpc) is 2.68. The van der Waals surface area contributed by atoms with Gasteiger partial charge in [-0.25, -0.2) is 0 Å². The summed E-state index contributed by atoms with van der Waals surface area (Å²) in [5.74, 6) is 0.994. The van der Waals surface area contributed by atoms with Crippen LogP contribution < -0.4 is 4.74 Å². The molecule has 0 atom stereocenters. The molecule has 0 bridgehead atoms. The molecule has 132 valence electrons. The number of para-hydroxylation sites is 1. The van der Waals surface area contributed by atoms with Crippen molar-refractivity contribution < 1.29 is 4.74 Å². The van der Waals surface area contributed by atoms with E-state index in [0.717, 1.165) is 12.4 Å². The summed E-state index contributed by atoms with van der Waals surface area (Å²) < 4.78 is 5.63. The number of benzene rings is 2. The van der Waals surface area contributed by atoms with Crippen molar-refractivity contribution in [2.75, 3.05) is 6.61 Å². The van der Waals surface area contributed by atoms with Gasteiger partial charge in [0.1, 0.15) is 5.75 Å². The van der Waals surface area contributed by atoms with Gasteiger partial charge in [0.15, 0.2) is 0 Å². The predicted octanol–water partition coefficient (Wildman–Crippen LogP) is 7.30. The maximum Gasteiger partial charge on any atom is 0.119 e. The molecule has 1 nitrogen and oxygen atoms in total. The summed E-state index contributed by atoms with van der Waals surface area (Å²) in [7, 11) is 0. The van der Waals surface area contributed by atoms with Crippen molar-refractivity contribution in [3.05, 3.63) is 79.9 Å². The molecule has 2 rings (SSSR count). The Bertz CT molecular complexity index is 411. The molecule has 0 saturated heterocycles. The van der Waals surface area contributed by atoms with Gasteiger partial charge in [-0.05, 0) is 18.6 Å². The molecule has 0 aliphatic rings. The summed E-state index contributed by atoms with van der Waals surface area (Å²) in [6.45, 7) is 9.12. The molecule has 0 heterocycles. The number of ether oxygens (including phenoxy) is 1. The second-order valence-corrected chi connectivity index (χ2v) is 5.44. The van der Waals surface area contributed by atoms with Crippen LogP contribution >= 0.6 is 0 Å². The van der Waals surface area contributed by atoms with Gasteiger partial charge in [-0.15, -0.1) is 13.2 Å². The van der Waals surface area contributed by atoms with Crippen molar-refractivity contribution >= 4 is 0 Å². The van der Waals surface area contributed by atoms with Crippen molar-refractivity contribution in [1.82, 2.24) is 0 Å². The largest absolute Gasteiger partial charge is 0.494 e. The average molecular weight is 327 g/mol. The molecule has 1 heteroatoms. The maximum absolute atomic E-state index is 5.63. The minimum absolute atomic E-state index is 0.859. The topological polar surface area (TPSA) is 9.23 Å². The fourth-order valence-electron chi connectivity index (χ4n) is 2.15. The summed E-state index contributed by atoms with van der Waals surface area (Å²) in [4.78, 5) is 0. The Morgan fingerprint density at radius 1 is 0.625 bits per heavy atom. The van der Waals surface area contributed by atoms with Crippen molar-refractivity contribution in [1.29, 1.82) is 0 Å². The van der Waals surface area contributed by atoms with Crippen LogP contribution in [-0.2, 0) is 0 Å². The molecular formula is C23H34O. The smallest absolute Gasteiger partial charge is 0.119 e. The number of hydrogen-bond acceptors (Lipinski definition) is 1. The van der Waals surface area contributed by atoms with Gasteiger partial charge >= 0.3 is 0 Å². The lowest BCUT2D eigenvalue weighted by molar-refractivity contribution is 0.304. The van der Waals surface area contributed by atoms with E-state index in [-0.39, 0.29) is 0 Å². The van der Waals surface area contributed by atoms with Crippen LogP contribution in [0.15, 0.2) is 79.9 Å². The Labute approximate surface area is 149 Å². The number of hydrogen-bond donors (Lipinski definition) is 0. The van der Waals surface area contributed by atoms with Crippen LogP contribution in [0.2, 0.25) is 0 Å². The molecule has 0 unspecified atom stereocenters. The second kappa shape index (κ2) is 19.0. The third-order valence-corrected chi connectivity index (χ3v) is 3.43. The first-order chi connectivity index (χ1) is 11.9. The predicted molar refractivity (Wildman–Crippen MR) is 108 cm³/mol. The van der Waals surface area contributed by atoms with Crippen LogP contribution in [0.4, 0.5) is 0 Å². The first-order valence-electron chi connectivity index (χ1n) is 9.11. The lowest BCUT2D eigenvalue weighted by atomic mass is 10.1. The van der Waals surface area contributed by atoms with Crippen molar-refractivity contribution in [2.45, 2.75) is 51.9 Å². The van der Waals surface area contributed by atoms with E-state index in [1.807, 2.05) is 66.7 Å². The minimum atomic E-state index is 0.859. The zero-order chi connectivity index (χ0) is 17.7. The van der Waals surface area contributed by atoms with Gasteiger partial charge < -0.3 is 4.74 Å². The first kappa shape index (κ1) is 22.0. The van der Waals surface area contributed by atoms with Gasteiger partial charge in [0.05, 0.1) is 6.61 Å². The van der Waals surface area contributed by atoms with Crippen LogP contribution in [0.5, 0.6) is 5.75 Å². The molecule has 2 aromatic rings. The highest BCUT2D eigenvalue weighted by Gasteiger charge is 1.93. The van der Waals surface area contributed by atoms with Gasteiger partial charge in [-0.1, -0.05) is 100 Å². The molecule has 0 aliphatic heterocycles. The second-order valence-electron chi connectivity index (χ2n) is 5.44. The molecule has 24 heavy (non-hydrogen) atoms. The zero-order valence-electron chi connectivity index (χ0n) is 15.3. The standard InChI is InChI=1S/C15H24O.C6H6.C2H4/c1-2-3-4-5-6-7-11-14-16-15-12-9-8-10-13-15;1-2-4-6-5-3-1;1-2/h8-10,12-13H,2-7,11,14H2,1H3;1-6H;1-2H2. The highest BCUT2D eigenvalue weighted by atomic mass is 16.5.